The van der Waals surface area contributed by atoms with Crippen LogP contribution in [0.5, 0.6) is 5.75 Å². The second kappa shape index (κ2) is 6.74. The van der Waals surface area contributed by atoms with Gasteiger partial charge in [0.05, 0.1) is 18.2 Å². The molecule has 0 aliphatic carbocycles. The van der Waals surface area contributed by atoms with E-state index < -0.39 is 4.92 Å². The summed E-state index contributed by atoms with van der Waals surface area (Å²) in [5.41, 5.74) is 3.35. The molecule has 3 rings (SSSR count). The van der Waals surface area contributed by atoms with E-state index in [0.29, 0.717) is 0 Å². The van der Waals surface area contributed by atoms with Gasteiger partial charge in [0.25, 0.3) is 0 Å². The molecule has 7 nitrogen and oxygen atoms in total. The van der Waals surface area contributed by atoms with Crippen molar-refractivity contribution in [3.63, 3.8) is 0 Å². The Morgan fingerprint density at radius 3 is 2.71 bits per heavy atom. The van der Waals surface area contributed by atoms with Crippen LogP contribution in [0.2, 0.25) is 0 Å². The van der Waals surface area contributed by atoms with Gasteiger partial charge in [-0.3, -0.25) is 15.5 Å². The first-order chi connectivity index (χ1) is 11.7. The van der Waals surface area contributed by atoms with Gasteiger partial charge < -0.3 is 4.74 Å². The van der Waals surface area contributed by atoms with Crippen LogP contribution in [0, 0.1) is 10.1 Å². The van der Waals surface area contributed by atoms with Gasteiger partial charge >= 0.3 is 5.69 Å². The Kier molecular flexibility index (Phi) is 4.33. The summed E-state index contributed by atoms with van der Waals surface area (Å²) in [6.45, 7) is 0. The molecule has 0 amide bonds. The molecule has 1 aromatic heterocycles. The van der Waals surface area contributed by atoms with Gasteiger partial charge in [-0.2, -0.15) is 5.10 Å². The number of fused-ring (bicyclic) bond motifs is 1. The summed E-state index contributed by atoms with van der Waals surface area (Å²) in [5.74, 6) is 0.868. The normalized spacial score (nSPS) is 10.9. The Bertz CT molecular complexity index is 925. The standard InChI is InChI=1S/C17H14N4O3/c1-24-16-9-8-12(13-5-2-3-6-14(13)16)11-19-20-17-15(21(22)23)7-4-10-18-17/h2-11H,1H3,(H,18,20)/b19-11-. The predicted octanol–water partition coefficient (Wildman–Crippen LogP) is 3.60. The van der Waals surface area contributed by atoms with Crippen LogP contribution in [0.1, 0.15) is 5.56 Å². The minimum Gasteiger partial charge on any atom is -0.496 e. The van der Waals surface area contributed by atoms with Crippen molar-refractivity contribution >= 4 is 28.5 Å². The van der Waals surface area contributed by atoms with Gasteiger partial charge in [0.2, 0.25) is 5.82 Å². The van der Waals surface area contributed by atoms with E-state index >= 15 is 0 Å². The fourth-order valence-electron chi connectivity index (χ4n) is 2.38. The summed E-state index contributed by atoms with van der Waals surface area (Å²) in [7, 11) is 1.62. The number of nitrogens with zero attached hydrogens (tertiary/aromatic N) is 3. The number of anilines is 1. The van der Waals surface area contributed by atoms with Crippen molar-refractivity contribution < 1.29 is 9.66 Å². The summed E-state index contributed by atoms with van der Waals surface area (Å²) in [5, 5.41) is 17.0. The van der Waals surface area contributed by atoms with E-state index in [-0.39, 0.29) is 11.5 Å². The van der Waals surface area contributed by atoms with E-state index in [1.54, 1.807) is 13.3 Å². The number of aromatic nitrogens is 1. The van der Waals surface area contributed by atoms with Crippen LogP contribution in [-0.4, -0.2) is 23.2 Å². The molecule has 7 heteroatoms. The van der Waals surface area contributed by atoms with E-state index in [0.717, 1.165) is 22.1 Å². The van der Waals surface area contributed by atoms with Crippen molar-refractivity contribution in [2.45, 2.75) is 0 Å². The average Bonchev–Trinajstić information content (AvgIpc) is 2.62. The Hall–Kier alpha value is -3.48. The number of methoxy groups -OCH3 is 1. The number of nitrogens with one attached hydrogen (secondary N) is 1. The number of hydrazone groups is 1. The Morgan fingerprint density at radius 2 is 1.96 bits per heavy atom. The minimum absolute atomic E-state index is 0.0940. The van der Waals surface area contributed by atoms with E-state index in [1.165, 1.54) is 18.3 Å². The van der Waals surface area contributed by atoms with Crippen molar-refractivity contribution in [3.05, 3.63) is 70.4 Å². The molecule has 0 unspecified atom stereocenters. The zero-order chi connectivity index (χ0) is 16.9. The fourth-order valence-corrected chi connectivity index (χ4v) is 2.38. The predicted molar refractivity (Wildman–Crippen MR) is 92.6 cm³/mol. The number of benzene rings is 2. The Labute approximate surface area is 137 Å². The number of pyridine rings is 1. The molecular weight excluding hydrogens is 308 g/mol. The monoisotopic (exact) mass is 322 g/mol. The highest BCUT2D eigenvalue weighted by molar-refractivity contribution is 6.02. The molecule has 0 aliphatic heterocycles. The van der Waals surface area contributed by atoms with Crippen LogP contribution in [0.3, 0.4) is 0 Å². The van der Waals surface area contributed by atoms with Gasteiger partial charge in [-0.1, -0.05) is 24.3 Å². The third kappa shape index (κ3) is 3.00. The molecule has 120 valence electrons. The molecular formula is C17H14N4O3. The smallest absolute Gasteiger partial charge is 0.313 e. The molecule has 0 radical (unpaired) electrons. The highest BCUT2D eigenvalue weighted by Gasteiger charge is 2.13. The summed E-state index contributed by atoms with van der Waals surface area (Å²) >= 11 is 0. The van der Waals surface area contributed by atoms with Gasteiger partial charge in [0.1, 0.15) is 5.75 Å². The molecule has 0 bridgehead atoms. The van der Waals surface area contributed by atoms with Gasteiger partial charge in [0, 0.05) is 23.2 Å². The van der Waals surface area contributed by atoms with E-state index in [2.05, 4.69) is 15.5 Å². The number of hydrogen-bond acceptors (Lipinski definition) is 6. The summed E-state index contributed by atoms with van der Waals surface area (Å²) < 4.78 is 5.35. The maximum Gasteiger partial charge on any atom is 0.313 e. The molecule has 0 aliphatic rings. The molecule has 2 aromatic carbocycles. The third-order valence-corrected chi connectivity index (χ3v) is 3.49. The fraction of sp³-hybridized carbons (Fsp3) is 0.0588. The summed E-state index contributed by atoms with van der Waals surface area (Å²) in [6.07, 6.45) is 3.06. The average molecular weight is 322 g/mol. The molecule has 0 atom stereocenters. The van der Waals surface area contributed by atoms with Crippen LogP contribution < -0.4 is 10.2 Å². The lowest BCUT2D eigenvalue weighted by Crippen LogP contribution is -1.99. The number of nitro groups is 1. The molecule has 0 saturated carbocycles. The van der Waals surface area contributed by atoms with Gasteiger partial charge in [-0.15, -0.1) is 0 Å². The molecule has 24 heavy (non-hydrogen) atoms. The highest BCUT2D eigenvalue weighted by Crippen LogP contribution is 2.27. The number of rotatable bonds is 5. The van der Waals surface area contributed by atoms with Crippen LogP contribution in [0.25, 0.3) is 10.8 Å². The Morgan fingerprint density at radius 1 is 1.17 bits per heavy atom. The summed E-state index contributed by atoms with van der Waals surface area (Å²) in [4.78, 5) is 14.4. The number of ether oxygens (including phenoxy) is 1. The zero-order valence-electron chi connectivity index (χ0n) is 12.8. The third-order valence-electron chi connectivity index (χ3n) is 3.49. The van der Waals surface area contributed by atoms with Crippen LogP contribution in [0.4, 0.5) is 11.5 Å². The largest absolute Gasteiger partial charge is 0.496 e. The lowest BCUT2D eigenvalue weighted by atomic mass is 10.0. The topological polar surface area (TPSA) is 89.7 Å². The number of hydrogen-bond donors (Lipinski definition) is 1. The van der Waals surface area contributed by atoms with Gasteiger partial charge in [-0.25, -0.2) is 4.98 Å². The lowest BCUT2D eigenvalue weighted by molar-refractivity contribution is -0.384. The first-order valence-electron chi connectivity index (χ1n) is 7.15. The maximum atomic E-state index is 11.0. The summed E-state index contributed by atoms with van der Waals surface area (Å²) in [6, 6.07) is 14.4. The molecule has 0 saturated heterocycles. The molecule has 3 aromatic rings. The van der Waals surface area contributed by atoms with Gasteiger partial charge in [0.15, 0.2) is 0 Å². The first-order valence-corrected chi connectivity index (χ1v) is 7.15. The van der Waals surface area contributed by atoms with E-state index in [9.17, 15) is 10.1 Å². The molecule has 1 heterocycles. The van der Waals surface area contributed by atoms with Crippen molar-refractivity contribution in [3.8, 4) is 5.75 Å². The van der Waals surface area contributed by atoms with Crippen LogP contribution in [-0.2, 0) is 0 Å². The first kappa shape index (κ1) is 15.4. The lowest BCUT2D eigenvalue weighted by Gasteiger charge is -2.07. The second-order valence-corrected chi connectivity index (χ2v) is 4.90. The molecule has 0 spiro atoms. The minimum atomic E-state index is -0.506. The van der Waals surface area contributed by atoms with Crippen LogP contribution >= 0.6 is 0 Å². The maximum absolute atomic E-state index is 11.0. The van der Waals surface area contributed by atoms with Gasteiger partial charge in [-0.05, 0) is 23.6 Å². The van der Waals surface area contributed by atoms with Crippen molar-refractivity contribution in [2.24, 2.45) is 5.10 Å². The van der Waals surface area contributed by atoms with Crippen molar-refractivity contribution in [1.82, 2.24) is 4.98 Å². The highest BCUT2D eigenvalue weighted by atomic mass is 16.6. The zero-order valence-corrected chi connectivity index (χ0v) is 12.8. The van der Waals surface area contributed by atoms with Crippen molar-refractivity contribution in [2.75, 3.05) is 12.5 Å². The quantitative estimate of drug-likeness (QED) is 0.440. The molecule has 1 N–H and O–H groups in total. The van der Waals surface area contributed by atoms with E-state index in [4.69, 9.17) is 4.74 Å². The molecule has 0 fully saturated rings. The van der Waals surface area contributed by atoms with E-state index in [1.807, 2.05) is 36.4 Å². The Balaban J connectivity index is 1.91. The van der Waals surface area contributed by atoms with Crippen LogP contribution in [0.15, 0.2) is 59.8 Å². The van der Waals surface area contributed by atoms with Crippen molar-refractivity contribution in [1.29, 1.82) is 0 Å². The SMILES string of the molecule is COc1ccc(/C=N\Nc2ncccc2[N+](=O)[O-])c2ccccc12. The second-order valence-electron chi connectivity index (χ2n) is 4.90.